The lowest BCUT2D eigenvalue weighted by molar-refractivity contribution is 0.415. The van der Waals surface area contributed by atoms with Gasteiger partial charge in [-0.3, -0.25) is 0 Å². The molecule has 0 saturated heterocycles. The van der Waals surface area contributed by atoms with Gasteiger partial charge in [0.15, 0.2) is 0 Å². The van der Waals surface area contributed by atoms with E-state index in [0.717, 1.165) is 49.1 Å². The van der Waals surface area contributed by atoms with Crippen molar-refractivity contribution in [2.45, 2.75) is 43.4 Å². The molecule has 5 aromatic carbocycles. The van der Waals surface area contributed by atoms with Gasteiger partial charge in [0.05, 0.1) is 12.6 Å². The van der Waals surface area contributed by atoms with Crippen LogP contribution in [-0.2, 0) is 19.8 Å². The van der Waals surface area contributed by atoms with Gasteiger partial charge in [-0.25, -0.2) is 9.37 Å². The van der Waals surface area contributed by atoms with Crippen LogP contribution in [0.2, 0.25) is 0 Å². The van der Waals surface area contributed by atoms with E-state index in [1.54, 1.807) is 18.9 Å². The monoisotopic (exact) mass is 616 g/mol. The molecule has 0 amide bonds. The molecule has 0 aliphatic carbocycles. The molecule has 6 rings (SSSR count). The smallest absolute Gasteiger partial charge is 0.225 e. The Morgan fingerprint density at radius 2 is 1.33 bits per heavy atom. The van der Waals surface area contributed by atoms with Crippen LogP contribution in [0.25, 0.3) is 10.9 Å². The normalized spacial score (nSPS) is 10.6. The van der Waals surface area contributed by atoms with E-state index in [9.17, 15) is 4.39 Å². The molecule has 0 saturated carbocycles. The van der Waals surface area contributed by atoms with Gasteiger partial charge in [0.2, 0.25) is 5.95 Å². The molecule has 7 heteroatoms. The van der Waals surface area contributed by atoms with Crippen molar-refractivity contribution in [1.82, 2.24) is 9.97 Å². The zero-order valence-electron chi connectivity index (χ0n) is 25.8. The van der Waals surface area contributed by atoms with Crippen LogP contribution in [0.4, 0.5) is 21.8 Å². The summed E-state index contributed by atoms with van der Waals surface area (Å²) in [4.78, 5) is 14.1. The minimum atomic E-state index is -0.495. The second-order valence-corrected chi connectivity index (χ2v) is 11.0. The first kappa shape index (κ1) is 31.5. The number of alkyl halides is 1. The third kappa shape index (κ3) is 7.80. The van der Waals surface area contributed by atoms with E-state index in [1.807, 2.05) is 98.8 Å². The van der Waals surface area contributed by atoms with Crippen molar-refractivity contribution in [3.63, 3.8) is 0 Å². The predicted molar refractivity (Wildman–Crippen MR) is 185 cm³/mol. The van der Waals surface area contributed by atoms with Crippen molar-refractivity contribution >= 4 is 40.1 Å². The standard InChI is InChI=1S/C36H31FN4OS.C2H6/c1-42-30-21-19-29(20-22-30)41(25-26-11-3-2-4-12-26)35-31-15-7-8-16-32(31)39-36(40-35)38-24-28-14-6-10-18-34(28)43-33-17-9-5-13-27(33)23-37;1-2/h2-22H,23-25H2,1H3,(H,38,39,40);1-2H3. The largest absolute Gasteiger partial charge is 0.497 e. The first-order valence-corrected chi connectivity index (χ1v) is 15.9. The molecule has 0 aliphatic rings. The van der Waals surface area contributed by atoms with Crippen molar-refractivity contribution in [1.29, 1.82) is 0 Å². The molecule has 0 spiro atoms. The van der Waals surface area contributed by atoms with Crippen LogP contribution in [-0.4, -0.2) is 17.1 Å². The molecule has 1 heterocycles. The lowest BCUT2D eigenvalue weighted by atomic mass is 10.1. The van der Waals surface area contributed by atoms with E-state index in [2.05, 4.69) is 52.7 Å². The van der Waals surface area contributed by atoms with Crippen molar-refractivity contribution < 1.29 is 9.13 Å². The summed E-state index contributed by atoms with van der Waals surface area (Å²) in [6.45, 7) is 4.64. The van der Waals surface area contributed by atoms with E-state index in [4.69, 9.17) is 14.7 Å². The Labute approximate surface area is 269 Å². The van der Waals surface area contributed by atoms with Gasteiger partial charge in [-0.15, -0.1) is 0 Å². The summed E-state index contributed by atoms with van der Waals surface area (Å²) in [6.07, 6.45) is 0. The molecule has 45 heavy (non-hydrogen) atoms. The molecule has 6 aromatic rings. The van der Waals surface area contributed by atoms with Gasteiger partial charge in [0, 0.05) is 34.0 Å². The van der Waals surface area contributed by atoms with Gasteiger partial charge in [-0.05, 0) is 65.2 Å². The minimum Gasteiger partial charge on any atom is -0.497 e. The summed E-state index contributed by atoms with van der Waals surface area (Å²) in [5.41, 5.74) is 4.77. The number of aromatic nitrogens is 2. The number of fused-ring (bicyclic) bond motifs is 1. The van der Waals surface area contributed by atoms with Crippen LogP contribution < -0.4 is 15.0 Å². The molecule has 5 nitrogen and oxygen atoms in total. The van der Waals surface area contributed by atoms with Gasteiger partial charge in [0.1, 0.15) is 18.2 Å². The fourth-order valence-corrected chi connectivity index (χ4v) is 5.97. The molecule has 0 fully saturated rings. The quantitative estimate of drug-likeness (QED) is 0.156. The Kier molecular flexibility index (Phi) is 11.0. The number of nitrogens with zero attached hydrogens (tertiary/aromatic N) is 3. The summed E-state index contributed by atoms with van der Waals surface area (Å²) < 4.78 is 19.1. The second-order valence-electron chi connectivity index (χ2n) is 9.96. The highest BCUT2D eigenvalue weighted by Gasteiger charge is 2.18. The molecule has 1 N–H and O–H groups in total. The number of benzene rings is 5. The molecule has 228 valence electrons. The average Bonchev–Trinajstić information content (AvgIpc) is 3.11. The maximum Gasteiger partial charge on any atom is 0.225 e. The summed E-state index contributed by atoms with van der Waals surface area (Å²) in [7, 11) is 1.67. The van der Waals surface area contributed by atoms with E-state index in [-0.39, 0.29) is 0 Å². The zero-order chi connectivity index (χ0) is 31.4. The number of nitrogens with one attached hydrogen (secondary N) is 1. The Hall–Kier alpha value is -4.88. The molecule has 0 unspecified atom stereocenters. The number of methoxy groups -OCH3 is 1. The van der Waals surface area contributed by atoms with Crippen LogP contribution >= 0.6 is 11.8 Å². The van der Waals surface area contributed by atoms with Gasteiger partial charge in [-0.2, -0.15) is 4.98 Å². The maximum absolute atomic E-state index is 13.6. The van der Waals surface area contributed by atoms with Gasteiger partial charge in [-0.1, -0.05) is 104 Å². The first-order chi connectivity index (χ1) is 22.2. The number of anilines is 3. The third-order valence-electron chi connectivity index (χ3n) is 7.15. The number of hydrogen-bond acceptors (Lipinski definition) is 6. The van der Waals surface area contributed by atoms with Crippen LogP contribution in [0, 0.1) is 0 Å². The fourth-order valence-electron chi connectivity index (χ4n) is 4.92. The summed E-state index contributed by atoms with van der Waals surface area (Å²) in [5.74, 6) is 2.13. The van der Waals surface area contributed by atoms with Crippen molar-refractivity contribution in [2.75, 3.05) is 17.3 Å². The van der Waals surface area contributed by atoms with Crippen molar-refractivity contribution in [3.8, 4) is 5.75 Å². The van der Waals surface area contributed by atoms with E-state index >= 15 is 0 Å². The molecular weight excluding hydrogens is 580 g/mol. The summed E-state index contributed by atoms with van der Waals surface area (Å²) in [5, 5.41) is 4.44. The average molecular weight is 617 g/mol. The minimum absolute atomic E-state index is 0.495. The lowest BCUT2D eigenvalue weighted by Crippen LogP contribution is -2.19. The third-order valence-corrected chi connectivity index (χ3v) is 8.39. The van der Waals surface area contributed by atoms with Gasteiger partial charge < -0.3 is 15.0 Å². The number of para-hydroxylation sites is 1. The molecule has 0 aliphatic heterocycles. The van der Waals surface area contributed by atoms with E-state index < -0.39 is 6.67 Å². The van der Waals surface area contributed by atoms with Crippen LogP contribution in [0.1, 0.15) is 30.5 Å². The summed E-state index contributed by atoms with van der Waals surface area (Å²) >= 11 is 1.57. The highest BCUT2D eigenvalue weighted by Crippen LogP contribution is 2.35. The molecule has 0 atom stereocenters. The van der Waals surface area contributed by atoms with Crippen LogP contribution in [0.5, 0.6) is 5.75 Å². The summed E-state index contributed by atoms with van der Waals surface area (Å²) in [6, 6.07) is 42.2. The van der Waals surface area contributed by atoms with Crippen molar-refractivity contribution in [3.05, 3.63) is 144 Å². The highest BCUT2D eigenvalue weighted by atomic mass is 32.2. The van der Waals surface area contributed by atoms with Crippen LogP contribution in [0.3, 0.4) is 0 Å². The number of halogens is 1. The predicted octanol–water partition coefficient (Wildman–Crippen LogP) is 10.2. The van der Waals surface area contributed by atoms with Gasteiger partial charge in [0.25, 0.3) is 0 Å². The Morgan fingerprint density at radius 1 is 0.711 bits per heavy atom. The number of ether oxygens (including phenoxy) is 1. The number of rotatable bonds is 11. The first-order valence-electron chi connectivity index (χ1n) is 15.1. The second kappa shape index (κ2) is 15.7. The topological polar surface area (TPSA) is 50.3 Å². The molecule has 0 bridgehead atoms. The lowest BCUT2D eigenvalue weighted by Gasteiger charge is -2.26. The SMILES string of the molecule is CC.COc1ccc(N(Cc2ccccc2)c2nc(NCc3ccccc3Sc3ccccc3CF)nc3ccccc23)cc1. The Bertz CT molecular complexity index is 1820. The Balaban J connectivity index is 0.00000196. The molecular formula is C38H37FN4OS. The molecule has 1 aromatic heterocycles. The van der Waals surface area contributed by atoms with E-state index in [0.29, 0.717) is 24.6 Å². The maximum atomic E-state index is 13.6. The van der Waals surface area contributed by atoms with E-state index in [1.165, 1.54) is 0 Å². The van der Waals surface area contributed by atoms with Crippen LogP contribution in [0.15, 0.2) is 137 Å². The fraction of sp³-hybridized carbons (Fsp3) is 0.158. The highest BCUT2D eigenvalue weighted by molar-refractivity contribution is 7.99. The number of hydrogen-bond donors (Lipinski definition) is 1. The Morgan fingerprint density at radius 3 is 2.04 bits per heavy atom. The zero-order valence-corrected chi connectivity index (χ0v) is 26.6. The molecule has 0 radical (unpaired) electrons. The van der Waals surface area contributed by atoms with Crippen molar-refractivity contribution in [2.24, 2.45) is 0 Å². The van der Waals surface area contributed by atoms with Gasteiger partial charge >= 0.3 is 0 Å².